The van der Waals surface area contributed by atoms with Crippen LogP contribution in [0.3, 0.4) is 0 Å². The Bertz CT molecular complexity index is 572. The first-order valence-electron chi connectivity index (χ1n) is 7.11. The molecule has 0 radical (unpaired) electrons. The minimum absolute atomic E-state index is 0. The highest BCUT2D eigenvalue weighted by atomic mass is 35.5. The number of aromatic nitrogens is 1. The van der Waals surface area contributed by atoms with Gasteiger partial charge in [0.15, 0.2) is 0 Å². The van der Waals surface area contributed by atoms with Gasteiger partial charge in [0.25, 0.3) is 0 Å². The molecule has 2 aromatic rings. The summed E-state index contributed by atoms with van der Waals surface area (Å²) in [6, 6.07) is 10.00. The molecule has 0 saturated carbocycles. The van der Waals surface area contributed by atoms with Crippen molar-refractivity contribution >= 4 is 12.4 Å². The summed E-state index contributed by atoms with van der Waals surface area (Å²) in [4.78, 5) is 6.98. The lowest BCUT2D eigenvalue weighted by atomic mass is 9.90. The van der Waals surface area contributed by atoms with Gasteiger partial charge in [-0.25, -0.2) is 4.98 Å². The second-order valence-corrected chi connectivity index (χ2v) is 5.99. The van der Waals surface area contributed by atoms with Crippen LogP contribution < -0.4 is 5.73 Å². The molecule has 1 aliphatic heterocycles. The van der Waals surface area contributed by atoms with E-state index < -0.39 is 0 Å². The molecule has 1 fully saturated rings. The van der Waals surface area contributed by atoms with E-state index in [1.165, 1.54) is 0 Å². The van der Waals surface area contributed by atoms with Gasteiger partial charge < -0.3 is 10.2 Å². The number of rotatable bonds is 4. The van der Waals surface area contributed by atoms with E-state index in [0.29, 0.717) is 5.89 Å². The molecule has 114 valence electrons. The number of nitrogens with two attached hydrogens (primary N) is 1. The van der Waals surface area contributed by atoms with Crippen LogP contribution in [0.5, 0.6) is 0 Å². The molecule has 1 unspecified atom stereocenters. The Morgan fingerprint density at radius 2 is 2.10 bits per heavy atom. The molecule has 1 atom stereocenters. The average molecular weight is 308 g/mol. The van der Waals surface area contributed by atoms with Gasteiger partial charge in [-0.15, -0.1) is 12.4 Å². The third kappa shape index (κ3) is 3.64. The van der Waals surface area contributed by atoms with E-state index in [2.05, 4.69) is 16.8 Å². The van der Waals surface area contributed by atoms with Crippen molar-refractivity contribution in [1.29, 1.82) is 0 Å². The quantitative estimate of drug-likeness (QED) is 0.943. The number of halogens is 1. The summed E-state index contributed by atoms with van der Waals surface area (Å²) >= 11 is 0. The SMILES string of the molecule is CC1(CN)CCN(Cc2coc(-c3ccccc3)n2)C1.Cl. The van der Waals surface area contributed by atoms with Gasteiger partial charge in [-0.05, 0) is 37.1 Å². The zero-order valence-corrected chi connectivity index (χ0v) is 13.1. The predicted octanol–water partition coefficient (Wildman–Crippen LogP) is 2.93. The van der Waals surface area contributed by atoms with Gasteiger partial charge in [-0.2, -0.15) is 0 Å². The first kappa shape index (κ1) is 16.0. The van der Waals surface area contributed by atoms with Crippen molar-refractivity contribution in [2.75, 3.05) is 19.6 Å². The monoisotopic (exact) mass is 307 g/mol. The fraction of sp³-hybridized carbons (Fsp3) is 0.438. The minimum atomic E-state index is 0. The smallest absolute Gasteiger partial charge is 0.226 e. The Hall–Kier alpha value is -1.36. The number of nitrogens with zero attached hydrogens (tertiary/aromatic N) is 2. The minimum Gasteiger partial charge on any atom is -0.444 e. The van der Waals surface area contributed by atoms with E-state index in [4.69, 9.17) is 10.2 Å². The van der Waals surface area contributed by atoms with Crippen molar-refractivity contribution in [3.8, 4) is 11.5 Å². The highest BCUT2D eigenvalue weighted by molar-refractivity contribution is 5.85. The largest absolute Gasteiger partial charge is 0.444 e. The number of hydrogen-bond acceptors (Lipinski definition) is 4. The molecule has 1 aliphatic rings. The fourth-order valence-electron chi connectivity index (χ4n) is 2.75. The Balaban J connectivity index is 0.00000161. The van der Waals surface area contributed by atoms with E-state index in [1.807, 2.05) is 30.3 Å². The van der Waals surface area contributed by atoms with Crippen LogP contribution in [-0.4, -0.2) is 29.5 Å². The van der Waals surface area contributed by atoms with Crippen molar-refractivity contribution in [3.05, 3.63) is 42.3 Å². The maximum Gasteiger partial charge on any atom is 0.226 e. The summed E-state index contributed by atoms with van der Waals surface area (Å²) in [6.07, 6.45) is 2.92. The standard InChI is InChI=1S/C16H21N3O.ClH/c1-16(11-17)7-8-19(12-16)9-14-10-20-15(18-14)13-5-3-2-4-6-13;/h2-6,10H,7-9,11-12,17H2,1H3;1H. The van der Waals surface area contributed by atoms with Crippen LogP contribution in [0.2, 0.25) is 0 Å². The molecule has 0 spiro atoms. The van der Waals surface area contributed by atoms with Gasteiger partial charge in [0.05, 0.1) is 5.69 Å². The number of benzene rings is 1. The first-order valence-corrected chi connectivity index (χ1v) is 7.11. The van der Waals surface area contributed by atoms with Crippen LogP contribution in [0, 0.1) is 5.41 Å². The van der Waals surface area contributed by atoms with Crippen LogP contribution in [-0.2, 0) is 6.54 Å². The topological polar surface area (TPSA) is 55.3 Å². The van der Waals surface area contributed by atoms with E-state index in [1.54, 1.807) is 6.26 Å². The van der Waals surface area contributed by atoms with Crippen LogP contribution in [0.25, 0.3) is 11.5 Å². The molecule has 1 aromatic carbocycles. The zero-order valence-electron chi connectivity index (χ0n) is 12.3. The maximum absolute atomic E-state index is 5.84. The Morgan fingerprint density at radius 1 is 1.33 bits per heavy atom. The number of likely N-dealkylation sites (tertiary alicyclic amines) is 1. The summed E-state index contributed by atoms with van der Waals surface area (Å²) in [7, 11) is 0. The zero-order chi connectivity index (χ0) is 14.0. The second kappa shape index (κ2) is 6.60. The molecule has 1 aromatic heterocycles. The third-order valence-corrected chi connectivity index (χ3v) is 4.09. The number of hydrogen-bond donors (Lipinski definition) is 1. The predicted molar refractivity (Wildman–Crippen MR) is 86.2 cm³/mol. The highest BCUT2D eigenvalue weighted by Crippen LogP contribution is 2.29. The molecule has 1 saturated heterocycles. The second-order valence-electron chi connectivity index (χ2n) is 5.99. The van der Waals surface area contributed by atoms with Crippen molar-refractivity contribution in [2.45, 2.75) is 19.9 Å². The third-order valence-electron chi connectivity index (χ3n) is 4.09. The van der Waals surface area contributed by atoms with Crippen LogP contribution in [0.1, 0.15) is 19.0 Å². The molecule has 0 aliphatic carbocycles. The lowest BCUT2D eigenvalue weighted by Crippen LogP contribution is -2.31. The molecular formula is C16H22ClN3O. The first-order chi connectivity index (χ1) is 9.68. The summed E-state index contributed by atoms with van der Waals surface area (Å²) in [6.45, 7) is 5.97. The highest BCUT2D eigenvalue weighted by Gasteiger charge is 2.32. The van der Waals surface area contributed by atoms with Crippen LogP contribution in [0.15, 0.2) is 41.0 Å². The van der Waals surface area contributed by atoms with Gasteiger partial charge in [0.2, 0.25) is 5.89 Å². The average Bonchev–Trinajstić information content (AvgIpc) is 3.08. The lowest BCUT2D eigenvalue weighted by molar-refractivity contribution is 0.272. The van der Waals surface area contributed by atoms with E-state index >= 15 is 0 Å². The van der Waals surface area contributed by atoms with E-state index in [9.17, 15) is 0 Å². The van der Waals surface area contributed by atoms with E-state index in [-0.39, 0.29) is 17.8 Å². The summed E-state index contributed by atoms with van der Waals surface area (Å²) in [5.41, 5.74) is 8.11. The summed E-state index contributed by atoms with van der Waals surface area (Å²) in [5, 5.41) is 0. The molecule has 4 nitrogen and oxygen atoms in total. The van der Waals surface area contributed by atoms with E-state index in [0.717, 1.165) is 43.9 Å². The molecule has 5 heteroatoms. The number of oxazole rings is 1. The molecule has 0 bridgehead atoms. The van der Waals surface area contributed by atoms with Crippen molar-refractivity contribution in [1.82, 2.24) is 9.88 Å². The lowest BCUT2D eigenvalue weighted by Gasteiger charge is -2.21. The maximum atomic E-state index is 5.84. The van der Waals surface area contributed by atoms with Gasteiger partial charge in [-0.1, -0.05) is 25.1 Å². The van der Waals surface area contributed by atoms with Gasteiger partial charge in [0, 0.05) is 18.7 Å². The molecule has 0 amide bonds. The molecule has 2 N–H and O–H groups in total. The van der Waals surface area contributed by atoms with Crippen molar-refractivity contribution < 1.29 is 4.42 Å². The van der Waals surface area contributed by atoms with Gasteiger partial charge in [-0.3, -0.25) is 4.90 Å². The van der Waals surface area contributed by atoms with Crippen LogP contribution in [0.4, 0.5) is 0 Å². The molecule has 21 heavy (non-hydrogen) atoms. The summed E-state index contributed by atoms with van der Waals surface area (Å²) < 4.78 is 5.58. The fourth-order valence-corrected chi connectivity index (χ4v) is 2.75. The Kier molecular flexibility index (Phi) is 5.04. The van der Waals surface area contributed by atoms with Gasteiger partial charge >= 0.3 is 0 Å². The van der Waals surface area contributed by atoms with Crippen LogP contribution >= 0.6 is 12.4 Å². The van der Waals surface area contributed by atoms with Gasteiger partial charge in [0.1, 0.15) is 6.26 Å². The molecule has 3 rings (SSSR count). The van der Waals surface area contributed by atoms with Crippen molar-refractivity contribution in [3.63, 3.8) is 0 Å². The Morgan fingerprint density at radius 3 is 2.76 bits per heavy atom. The summed E-state index contributed by atoms with van der Waals surface area (Å²) in [5.74, 6) is 0.696. The van der Waals surface area contributed by atoms with Crippen molar-refractivity contribution in [2.24, 2.45) is 11.1 Å². The Labute approximate surface area is 131 Å². The molecular weight excluding hydrogens is 286 g/mol. The molecule has 2 heterocycles. The normalized spacial score (nSPS) is 22.2.